The zero-order valence-corrected chi connectivity index (χ0v) is 9.54. The van der Waals surface area contributed by atoms with Crippen LogP contribution in [0.5, 0.6) is 0 Å². The van der Waals surface area contributed by atoms with E-state index in [1.54, 1.807) is 11.3 Å². The molecule has 13 heavy (non-hydrogen) atoms. The van der Waals surface area contributed by atoms with Crippen LogP contribution in [0.15, 0.2) is 5.38 Å². The number of rotatable bonds is 3. The van der Waals surface area contributed by atoms with E-state index in [4.69, 9.17) is 5.73 Å². The molecular weight excluding hydrogens is 200 g/mol. The Labute approximate surface area is 86.9 Å². The molecule has 4 heteroatoms. The lowest BCUT2D eigenvalue weighted by Gasteiger charge is -2.18. The highest BCUT2D eigenvalue weighted by Crippen LogP contribution is 2.54. The van der Waals surface area contributed by atoms with Crippen molar-refractivity contribution < 1.29 is 0 Å². The van der Waals surface area contributed by atoms with Gasteiger partial charge in [0, 0.05) is 15.8 Å². The maximum Gasteiger partial charge on any atom is 0.111 e. The summed E-state index contributed by atoms with van der Waals surface area (Å²) in [6.45, 7) is 2.02. The van der Waals surface area contributed by atoms with Crippen LogP contribution in [0.4, 0.5) is 0 Å². The molecule has 1 aromatic rings. The third kappa shape index (κ3) is 1.63. The second kappa shape index (κ2) is 3.26. The van der Waals surface area contributed by atoms with Gasteiger partial charge >= 0.3 is 0 Å². The van der Waals surface area contributed by atoms with Crippen molar-refractivity contribution >= 4 is 23.1 Å². The van der Waals surface area contributed by atoms with Crippen molar-refractivity contribution in [3.05, 3.63) is 16.1 Å². The Morgan fingerprint density at radius 1 is 1.69 bits per heavy atom. The van der Waals surface area contributed by atoms with E-state index in [2.05, 4.69) is 16.6 Å². The number of aromatic nitrogens is 1. The van der Waals surface area contributed by atoms with Gasteiger partial charge in [0.25, 0.3) is 0 Å². The van der Waals surface area contributed by atoms with Crippen molar-refractivity contribution in [1.29, 1.82) is 0 Å². The molecule has 1 aliphatic carbocycles. The summed E-state index contributed by atoms with van der Waals surface area (Å²) in [5.41, 5.74) is 7.28. The summed E-state index contributed by atoms with van der Waals surface area (Å²) in [6.07, 6.45) is 4.63. The summed E-state index contributed by atoms with van der Waals surface area (Å²) >= 11 is 3.58. The van der Waals surface area contributed by atoms with Crippen LogP contribution in [0.1, 0.15) is 29.6 Å². The average molecular weight is 214 g/mol. The number of thioether (sulfide) groups is 1. The maximum atomic E-state index is 6.19. The number of hydrogen-bond donors (Lipinski definition) is 1. The molecule has 0 amide bonds. The molecule has 1 atom stereocenters. The molecule has 0 aliphatic heterocycles. The zero-order chi connectivity index (χ0) is 9.47. The molecule has 1 aliphatic rings. The number of thiazole rings is 1. The van der Waals surface area contributed by atoms with Gasteiger partial charge in [-0.25, -0.2) is 4.98 Å². The van der Waals surface area contributed by atoms with Crippen LogP contribution in [-0.4, -0.2) is 16.0 Å². The van der Waals surface area contributed by atoms with Gasteiger partial charge in [-0.05, 0) is 26.0 Å². The van der Waals surface area contributed by atoms with Gasteiger partial charge in [-0.15, -0.1) is 11.3 Å². The highest BCUT2D eigenvalue weighted by molar-refractivity contribution is 8.00. The van der Waals surface area contributed by atoms with Crippen LogP contribution >= 0.6 is 23.1 Å². The summed E-state index contributed by atoms with van der Waals surface area (Å²) in [4.78, 5) is 4.45. The standard InChI is InChI=1S/C9H14N2S2/c1-6-5-13-8(11-6)7(10)9(12-2)3-4-9/h5,7H,3-4,10H2,1-2H3. The molecule has 2 nitrogen and oxygen atoms in total. The van der Waals surface area contributed by atoms with Crippen LogP contribution < -0.4 is 5.73 Å². The van der Waals surface area contributed by atoms with E-state index in [9.17, 15) is 0 Å². The first-order valence-electron chi connectivity index (χ1n) is 4.41. The molecule has 1 saturated carbocycles. The molecule has 0 spiro atoms. The molecule has 0 aromatic carbocycles. The first-order valence-corrected chi connectivity index (χ1v) is 6.51. The van der Waals surface area contributed by atoms with Gasteiger partial charge in [0.2, 0.25) is 0 Å². The number of aryl methyl sites for hydroxylation is 1. The van der Waals surface area contributed by atoms with Gasteiger partial charge in [0.1, 0.15) is 5.01 Å². The zero-order valence-electron chi connectivity index (χ0n) is 7.91. The SMILES string of the molecule is CSC1(C(N)c2nc(C)cs2)CC1. The van der Waals surface area contributed by atoms with Crippen LogP contribution in [0.25, 0.3) is 0 Å². The number of nitrogens with two attached hydrogens (primary N) is 1. The van der Waals surface area contributed by atoms with E-state index in [0.29, 0.717) is 4.75 Å². The van der Waals surface area contributed by atoms with Crippen molar-refractivity contribution in [3.63, 3.8) is 0 Å². The molecule has 1 unspecified atom stereocenters. The fraction of sp³-hybridized carbons (Fsp3) is 0.667. The average Bonchev–Trinajstić information content (AvgIpc) is 2.82. The quantitative estimate of drug-likeness (QED) is 0.839. The van der Waals surface area contributed by atoms with Gasteiger partial charge in [-0.3, -0.25) is 0 Å². The summed E-state index contributed by atoms with van der Waals surface area (Å²) in [6, 6.07) is 0.140. The van der Waals surface area contributed by atoms with Crippen molar-refractivity contribution in [2.45, 2.75) is 30.6 Å². The fourth-order valence-corrected chi connectivity index (χ4v) is 3.37. The Morgan fingerprint density at radius 2 is 2.38 bits per heavy atom. The third-order valence-corrected chi connectivity index (χ3v) is 5.14. The van der Waals surface area contributed by atoms with Gasteiger partial charge in [0.15, 0.2) is 0 Å². The van der Waals surface area contributed by atoms with E-state index in [0.717, 1.165) is 10.7 Å². The normalized spacial score (nSPS) is 21.5. The summed E-state index contributed by atoms with van der Waals surface area (Å²) in [5.74, 6) is 0. The van der Waals surface area contributed by atoms with Crippen LogP contribution in [0.2, 0.25) is 0 Å². The number of hydrogen-bond acceptors (Lipinski definition) is 4. The Balaban J connectivity index is 2.17. The Bertz CT molecular complexity index is 304. The molecule has 1 fully saturated rings. The van der Waals surface area contributed by atoms with Gasteiger partial charge in [-0.2, -0.15) is 11.8 Å². The summed E-state index contributed by atoms with van der Waals surface area (Å²) in [5, 5.41) is 3.18. The molecule has 2 rings (SSSR count). The van der Waals surface area contributed by atoms with Crippen LogP contribution in [0.3, 0.4) is 0 Å². The molecule has 2 N–H and O–H groups in total. The van der Waals surface area contributed by atoms with E-state index < -0.39 is 0 Å². The minimum atomic E-state index is 0.140. The topological polar surface area (TPSA) is 38.9 Å². The molecule has 0 bridgehead atoms. The lowest BCUT2D eigenvalue weighted by molar-refractivity contribution is 0.668. The maximum absolute atomic E-state index is 6.19. The van der Waals surface area contributed by atoms with Crippen LogP contribution in [0, 0.1) is 6.92 Å². The van der Waals surface area contributed by atoms with Gasteiger partial charge in [-0.1, -0.05) is 0 Å². The predicted molar refractivity (Wildman–Crippen MR) is 59.3 cm³/mol. The molecule has 0 saturated heterocycles. The highest BCUT2D eigenvalue weighted by atomic mass is 32.2. The highest BCUT2D eigenvalue weighted by Gasteiger charge is 2.48. The van der Waals surface area contributed by atoms with Crippen molar-refractivity contribution in [1.82, 2.24) is 4.98 Å². The lowest BCUT2D eigenvalue weighted by Crippen LogP contribution is -2.24. The Morgan fingerprint density at radius 3 is 2.77 bits per heavy atom. The Hall–Kier alpha value is -0.0600. The first kappa shape index (κ1) is 9.49. The monoisotopic (exact) mass is 214 g/mol. The fourth-order valence-electron chi connectivity index (χ4n) is 1.51. The van der Waals surface area contributed by atoms with Gasteiger partial charge < -0.3 is 5.73 Å². The second-order valence-electron chi connectivity index (χ2n) is 3.57. The second-order valence-corrected chi connectivity index (χ2v) is 5.68. The largest absolute Gasteiger partial charge is 0.321 e. The van der Waals surface area contributed by atoms with E-state index in [1.165, 1.54) is 12.8 Å². The van der Waals surface area contributed by atoms with Crippen LogP contribution in [-0.2, 0) is 0 Å². The number of nitrogens with zero attached hydrogens (tertiary/aromatic N) is 1. The third-order valence-electron chi connectivity index (χ3n) is 2.62. The van der Waals surface area contributed by atoms with E-state index in [-0.39, 0.29) is 6.04 Å². The van der Waals surface area contributed by atoms with Gasteiger partial charge in [0.05, 0.1) is 6.04 Å². The molecule has 72 valence electrons. The minimum absolute atomic E-state index is 0.140. The molecule has 0 radical (unpaired) electrons. The Kier molecular flexibility index (Phi) is 2.38. The smallest absolute Gasteiger partial charge is 0.111 e. The minimum Gasteiger partial charge on any atom is -0.321 e. The first-order chi connectivity index (χ1) is 6.18. The molecular formula is C9H14N2S2. The van der Waals surface area contributed by atoms with E-state index >= 15 is 0 Å². The van der Waals surface area contributed by atoms with Crippen molar-refractivity contribution in [2.75, 3.05) is 6.26 Å². The molecule has 1 heterocycles. The van der Waals surface area contributed by atoms with Crippen molar-refractivity contribution in [2.24, 2.45) is 5.73 Å². The molecule has 1 aromatic heterocycles. The summed E-state index contributed by atoms with van der Waals surface area (Å²) < 4.78 is 0.310. The van der Waals surface area contributed by atoms with E-state index in [1.807, 2.05) is 18.7 Å². The van der Waals surface area contributed by atoms with Crippen molar-refractivity contribution in [3.8, 4) is 0 Å². The predicted octanol–water partition coefficient (Wildman–Crippen LogP) is 2.35. The summed E-state index contributed by atoms with van der Waals surface area (Å²) in [7, 11) is 0. The lowest BCUT2D eigenvalue weighted by atomic mass is 10.2.